The van der Waals surface area contributed by atoms with Crippen LogP contribution in [0.3, 0.4) is 0 Å². The number of hydrogen-bond donors (Lipinski definition) is 2. The fraction of sp³-hybridized carbons (Fsp3) is 0.0909. The Balaban J connectivity index is 1.65. The Morgan fingerprint density at radius 3 is 2.40 bits per heavy atom. The monoisotopic (exact) mass is 441 g/mol. The quantitative estimate of drug-likeness (QED) is 0.409. The van der Waals surface area contributed by atoms with Gasteiger partial charge in [0, 0.05) is 27.9 Å². The summed E-state index contributed by atoms with van der Waals surface area (Å²) in [7, 11) is 3.06. The summed E-state index contributed by atoms with van der Waals surface area (Å²) in [5, 5.41) is 3.97. The molecule has 3 aromatic carbocycles. The van der Waals surface area contributed by atoms with Gasteiger partial charge in [-0.05, 0) is 48.5 Å². The summed E-state index contributed by atoms with van der Waals surface area (Å²) in [6.07, 6.45) is 0. The van der Waals surface area contributed by atoms with Gasteiger partial charge in [-0.15, -0.1) is 0 Å². The maximum absolute atomic E-state index is 12.8. The first-order valence-electron chi connectivity index (χ1n) is 8.96. The van der Waals surface area contributed by atoms with Crippen LogP contribution in [0, 0.1) is 0 Å². The maximum Gasteiger partial charge on any atom is 0.255 e. The van der Waals surface area contributed by atoms with Crippen molar-refractivity contribution >= 4 is 45.8 Å². The highest BCUT2D eigenvalue weighted by molar-refractivity contribution is 6.33. The van der Waals surface area contributed by atoms with E-state index in [0.29, 0.717) is 44.2 Å². The minimum Gasteiger partial charge on any atom is -0.497 e. The summed E-state index contributed by atoms with van der Waals surface area (Å²) < 4.78 is 10.5. The van der Waals surface area contributed by atoms with E-state index >= 15 is 0 Å². The van der Waals surface area contributed by atoms with Crippen molar-refractivity contribution in [1.29, 1.82) is 0 Å². The topological polar surface area (TPSA) is 76.2 Å². The molecular formula is C22H17Cl2N3O3. The normalized spacial score (nSPS) is 10.8. The van der Waals surface area contributed by atoms with Crippen LogP contribution < -0.4 is 14.8 Å². The van der Waals surface area contributed by atoms with Gasteiger partial charge in [0.25, 0.3) is 5.91 Å². The Morgan fingerprint density at radius 1 is 0.967 bits per heavy atom. The first kappa shape index (κ1) is 20.1. The van der Waals surface area contributed by atoms with Gasteiger partial charge < -0.3 is 19.8 Å². The van der Waals surface area contributed by atoms with E-state index in [1.165, 1.54) is 14.2 Å². The Hall–Kier alpha value is -3.22. The van der Waals surface area contributed by atoms with E-state index in [0.717, 1.165) is 11.0 Å². The number of hydrogen-bond acceptors (Lipinski definition) is 4. The molecule has 1 aromatic heterocycles. The number of rotatable bonds is 5. The molecule has 0 unspecified atom stereocenters. The molecule has 4 rings (SSSR count). The van der Waals surface area contributed by atoms with E-state index < -0.39 is 0 Å². The molecule has 0 bridgehead atoms. The fourth-order valence-electron chi connectivity index (χ4n) is 3.03. The lowest BCUT2D eigenvalue weighted by Gasteiger charge is -2.10. The number of anilines is 1. The summed E-state index contributed by atoms with van der Waals surface area (Å²) in [6, 6.07) is 15.6. The number of carbonyl (C=O) groups excluding carboxylic acids is 1. The zero-order chi connectivity index (χ0) is 21.3. The predicted molar refractivity (Wildman–Crippen MR) is 119 cm³/mol. The molecule has 0 saturated heterocycles. The third-order valence-electron chi connectivity index (χ3n) is 4.54. The number of fused-ring (bicyclic) bond motifs is 1. The molecule has 0 atom stereocenters. The zero-order valence-electron chi connectivity index (χ0n) is 16.1. The Morgan fingerprint density at radius 2 is 1.70 bits per heavy atom. The molecule has 0 spiro atoms. The zero-order valence-corrected chi connectivity index (χ0v) is 17.6. The number of H-pyrrole nitrogens is 1. The lowest BCUT2D eigenvalue weighted by Crippen LogP contribution is -2.12. The van der Waals surface area contributed by atoms with Crippen LogP contribution in [0.1, 0.15) is 10.4 Å². The van der Waals surface area contributed by atoms with Crippen molar-refractivity contribution < 1.29 is 14.3 Å². The molecule has 0 aliphatic carbocycles. The van der Waals surface area contributed by atoms with Crippen LogP contribution in [0.15, 0.2) is 54.6 Å². The highest BCUT2D eigenvalue weighted by Crippen LogP contribution is 2.31. The third kappa shape index (κ3) is 4.06. The summed E-state index contributed by atoms with van der Waals surface area (Å²) in [5.41, 5.74) is 3.20. The number of ether oxygens (including phenoxy) is 2. The van der Waals surface area contributed by atoms with Gasteiger partial charge in [0.05, 0.1) is 30.3 Å². The third-order valence-corrected chi connectivity index (χ3v) is 5.10. The second-order valence-electron chi connectivity index (χ2n) is 6.50. The second-order valence-corrected chi connectivity index (χ2v) is 7.34. The van der Waals surface area contributed by atoms with E-state index in [4.69, 9.17) is 32.7 Å². The minimum atomic E-state index is -0.308. The predicted octanol–water partition coefficient (Wildman–Crippen LogP) is 5.81. The highest BCUT2D eigenvalue weighted by Gasteiger charge is 2.14. The average molecular weight is 442 g/mol. The molecule has 1 heterocycles. The van der Waals surface area contributed by atoms with Gasteiger partial charge >= 0.3 is 0 Å². The Kier molecular flexibility index (Phi) is 5.53. The molecule has 0 aliphatic rings. The van der Waals surface area contributed by atoms with Crippen molar-refractivity contribution in [3.8, 4) is 22.9 Å². The van der Waals surface area contributed by atoms with Gasteiger partial charge in [0.2, 0.25) is 0 Å². The van der Waals surface area contributed by atoms with E-state index in [1.807, 2.05) is 6.07 Å². The molecule has 0 fully saturated rings. The summed E-state index contributed by atoms with van der Waals surface area (Å²) in [4.78, 5) is 20.5. The number of methoxy groups -OCH3 is 2. The van der Waals surface area contributed by atoms with Crippen molar-refractivity contribution in [2.24, 2.45) is 0 Å². The van der Waals surface area contributed by atoms with Crippen LogP contribution in [0.2, 0.25) is 10.0 Å². The van der Waals surface area contributed by atoms with E-state index in [9.17, 15) is 4.79 Å². The summed E-state index contributed by atoms with van der Waals surface area (Å²) >= 11 is 12.4. The Labute approximate surface area is 182 Å². The standard InChI is InChI=1S/C22H17Cl2N3O3/c1-29-15-7-12(8-16(11-15)30-2)22(28)25-14-4-5-18(24)17(10-14)21-26-19-6-3-13(23)9-20(19)27-21/h3-11H,1-2H3,(H,25,28)(H,26,27). The van der Waals surface area contributed by atoms with Crippen molar-refractivity contribution in [3.63, 3.8) is 0 Å². The molecule has 1 amide bonds. The molecule has 30 heavy (non-hydrogen) atoms. The molecule has 8 heteroatoms. The first-order valence-corrected chi connectivity index (χ1v) is 9.72. The van der Waals surface area contributed by atoms with Crippen LogP contribution in [-0.2, 0) is 0 Å². The van der Waals surface area contributed by atoms with Gasteiger partial charge in [-0.2, -0.15) is 0 Å². The van der Waals surface area contributed by atoms with Gasteiger partial charge in [-0.25, -0.2) is 4.98 Å². The SMILES string of the molecule is COc1cc(OC)cc(C(=O)Nc2ccc(Cl)c(-c3nc4cc(Cl)ccc4[nH]3)c2)c1. The number of imidazole rings is 1. The molecule has 0 radical (unpaired) electrons. The second kappa shape index (κ2) is 8.26. The van der Waals surface area contributed by atoms with Crippen LogP contribution in [0.5, 0.6) is 11.5 Å². The smallest absolute Gasteiger partial charge is 0.255 e. The molecular weight excluding hydrogens is 425 g/mol. The van der Waals surface area contributed by atoms with Crippen molar-refractivity contribution in [2.45, 2.75) is 0 Å². The fourth-order valence-corrected chi connectivity index (χ4v) is 3.41. The summed E-state index contributed by atoms with van der Waals surface area (Å²) in [6.45, 7) is 0. The van der Waals surface area contributed by atoms with E-state index in [2.05, 4.69) is 15.3 Å². The van der Waals surface area contributed by atoms with Gasteiger partial charge in [-0.1, -0.05) is 23.2 Å². The largest absolute Gasteiger partial charge is 0.497 e. The maximum atomic E-state index is 12.8. The summed E-state index contributed by atoms with van der Waals surface area (Å²) in [5.74, 6) is 1.32. The number of benzene rings is 3. The molecule has 0 aliphatic heterocycles. The van der Waals surface area contributed by atoms with E-state index in [-0.39, 0.29) is 5.91 Å². The lowest BCUT2D eigenvalue weighted by atomic mass is 10.1. The number of aromatic nitrogens is 2. The molecule has 4 aromatic rings. The first-order chi connectivity index (χ1) is 14.5. The van der Waals surface area contributed by atoms with Crippen LogP contribution in [0.25, 0.3) is 22.4 Å². The van der Waals surface area contributed by atoms with Crippen molar-refractivity contribution in [3.05, 3.63) is 70.2 Å². The highest BCUT2D eigenvalue weighted by atomic mass is 35.5. The van der Waals surface area contributed by atoms with Crippen molar-refractivity contribution in [2.75, 3.05) is 19.5 Å². The van der Waals surface area contributed by atoms with Crippen LogP contribution in [0.4, 0.5) is 5.69 Å². The van der Waals surface area contributed by atoms with E-state index in [1.54, 1.807) is 48.5 Å². The Bertz CT molecular complexity index is 1230. The molecule has 152 valence electrons. The van der Waals surface area contributed by atoms with Gasteiger partial charge in [0.15, 0.2) is 0 Å². The average Bonchev–Trinajstić information content (AvgIpc) is 3.17. The molecule has 2 N–H and O–H groups in total. The van der Waals surface area contributed by atoms with Crippen LogP contribution in [-0.4, -0.2) is 30.1 Å². The number of carbonyl (C=O) groups is 1. The number of halogens is 2. The number of nitrogens with zero attached hydrogens (tertiary/aromatic N) is 1. The van der Waals surface area contributed by atoms with Gasteiger partial charge in [-0.3, -0.25) is 4.79 Å². The minimum absolute atomic E-state index is 0.308. The lowest BCUT2D eigenvalue weighted by molar-refractivity contribution is 0.102. The molecule has 6 nitrogen and oxygen atoms in total. The molecule has 0 saturated carbocycles. The van der Waals surface area contributed by atoms with Crippen molar-refractivity contribution in [1.82, 2.24) is 9.97 Å². The number of nitrogens with one attached hydrogen (secondary N) is 2. The number of amides is 1. The number of aromatic amines is 1. The van der Waals surface area contributed by atoms with Crippen LogP contribution >= 0.6 is 23.2 Å². The van der Waals surface area contributed by atoms with Gasteiger partial charge in [0.1, 0.15) is 17.3 Å².